The van der Waals surface area contributed by atoms with Gasteiger partial charge in [0.15, 0.2) is 11.9 Å². The van der Waals surface area contributed by atoms with Crippen LogP contribution in [0.1, 0.15) is 28.4 Å². The van der Waals surface area contributed by atoms with Gasteiger partial charge in [-0.15, -0.1) is 0 Å². The molecule has 0 aliphatic carbocycles. The molecule has 1 unspecified atom stereocenters. The van der Waals surface area contributed by atoms with Gasteiger partial charge < -0.3 is 10.1 Å². The fourth-order valence-corrected chi connectivity index (χ4v) is 2.78. The number of carbonyl (C=O) groups is 2. The number of amides is 1. The lowest BCUT2D eigenvalue weighted by molar-refractivity contribution is -0.137. The quantitative estimate of drug-likeness (QED) is 0.415. The molecule has 0 bridgehead atoms. The maximum Gasteiger partial charge on any atom is 0.418 e. The van der Waals surface area contributed by atoms with Gasteiger partial charge in [0, 0.05) is 11.1 Å². The predicted octanol–water partition coefficient (Wildman–Crippen LogP) is 5.48. The van der Waals surface area contributed by atoms with E-state index in [0.29, 0.717) is 11.1 Å². The van der Waals surface area contributed by atoms with E-state index >= 15 is 0 Å². The van der Waals surface area contributed by atoms with Crippen LogP contribution in [0, 0.1) is 5.82 Å². The highest BCUT2D eigenvalue weighted by Gasteiger charge is 2.34. The number of ketones is 1. The van der Waals surface area contributed by atoms with Crippen LogP contribution in [-0.2, 0) is 11.0 Å². The molecule has 3 aromatic carbocycles. The molecule has 1 N–H and O–H groups in total. The van der Waals surface area contributed by atoms with Crippen LogP contribution in [0.3, 0.4) is 0 Å². The Kier molecular flexibility index (Phi) is 6.39. The summed E-state index contributed by atoms with van der Waals surface area (Å²) in [6, 6.07) is 15.6. The Morgan fingerprint density at radius 1 is 0.871 bits per heavy atom. The molecule has 0 heterocycles. The molecule has 1 amide bonds. The lowest BCUT2D eigenvalue weighted by Crippen LogP contribution is -2.31. The SMILES string of the molecule is CC(Oc1ccc(C(=O)c2ccc(F)cc2)cc1)C(=O)Nc1ccccc1C(F)(F)F. The van der Waals surface area contributed by atoms with Gasteiger partial charge in [-0.05, 0) is 67.6 Å². The molecule has 0 fully saturated rings. The number of ether oxygens (including phenoxy) is 1. The van der Waals surface area contributed by atoms with E-state index in [1.165, 1.54) is 67.6 Å². The number of rotatable bonds is 6. The first-order chi connectivity index (χ1) is 14.6. The van der Waals surface area contributed by atoms with Gasteiger partial charge in [0.2, 0.25) is 0 Å². The Morgan fingerprint density at radius 2 is 1.42 bits per heavy atom. The second-order valence-electron chi connectivity index (χ2n) is 6.65. The summed E-state index contributed by atoms with van der Waals surface area (Å²) < 4.78 is 57.7. The zero-order valence-corrected chi connectivity index (χ0v) is 16.2. The summed E-state index contributed by atoms with van der Waals surface area (Å²) >= 11 is 0. The summed E-state index contributed by atoms with van der Waals surface area (Å²) in [5.74, 6) is -1.28. The molecular weight excluding hydrogens is 414 g/mol. The van der Waals surface area contributed by atoms with Gasteiger partial charge in [0.05, 0.1) is 11.3 Å². The van der Waals surface area contributed by atoms with Crippen molar-refractivity contribution in [1.29, 1.82) is 0 Å². The highest BCUT2D eigenvalue weighted by atomic mass is 19.4. The molecule has 0 spiro atoms. The van der Waals surface area contributed by atoms with Crippen LogP contribution in [0.2, 0.25) is 0 Å². The molecule has 0 aromatic heterocycles. The molecule has 160 valence electrons. The lowest BCUT2D eigenvalue weighted by atomic mass is 10.0. The zero-order chi connectivity index (χ0) is 22.6. The van der Waals surface area contributed by atoms with Crippen LogP contribution in [-0.4, -0.2) is 17.8 Å². The average Bonchev–Trinajstić information content (AvgIpc) is 2.74. The summed E-state index contributed by atoms with van der Waals surface area (Å²) in [7, 11) is 0. The number of benzene rings is 3. The van der Waals surface area contributed by atoms with Crippen molar-refractivity contribution in [3.05, 3.63) is 95.3 Å². The minimum atomic E-state index is -4.61. The minimum absolute atomic E-state index is 0.252. The maximum absolute atomic E-state index is 13.1. The van der Waals surface area contributed by atoms with Crippen LogP contribution >= 0.6 is 0 Å². The number of para-hydroxylation sites is 1. The summed E-state index contributed by atoms with van der Waals surface area (Å²) in [4.78, 5) is 24.7. The van der Waals surface area contributed by atoms with Gasteiger partial charge in [0.25, 0.3) is 5.91 Å². The van der Waals surface area contributed by atoms with Gasteiger partial charge in [-0.2, -0.15) is 13.2 Å². The summed E-state index contributed by atoms with van der Waals surface area (Å²) in [6.45, 7) is 1.39. The number of alkyl halides is 3. The number of carbonyl (C=O) groups excluding carboxylic acids is 2. The maximum atomic E-state index is 13.1. The van der Waals surface area contributed by atoms with Gasteiger partial charge in [-0.1, -0.05) is 12.1 Å². The van der Waals surface area contributed by atoms with Crippen molar-refractivity contribution in [2.75, 3.05) is 5.32 Å². The number of hydrogen-bond donors (Lipinski definition) is 1. The van der Waals surface area contributed by atoms with E-state index in [1.54, 1.807) is 0 Å². The third kappa shape index (κ3) is 5.48. The fraction of sp³-hybridized carbons (Fsp3) is 0.130. The van der Waals surface area contributed by atoms with Crippen molar-refractivity contribution < 1.29 is 31.9 Å². The molecule has 0 saturated heterocycles. The monoisotopic (exact) mass is 431 g/mol. The molecule has 4 nitrogen and oxygen atoms in total. The molecule has 3 aromatic rings. The highest BCUT2D eigenvalue weighted by Crippen LogP contribution is 2.34. The topological polar surface area (TPSA) is 55.4 Å². The lowest BCUT2D eigenvalue weighted by Gasteiger charge is -2.17. The molecule has 1 atom stereocenters. The largest absolute Gasteiger partial charge is 0.481 e. The second kappa shape index (κ2) is 8.99. The number of nitrogens with one attached hydrogen (secondary N) is 1. The van der Waals surface area contributed by atoms with Crippen molar-refractivity contribution in [1.82, 2.24) is 0 Å². The first kappa shape index (κ1) is 22.0. The smallest absolute Gasteiger partial charge is 0.418 e. The van der Waals surface area contributed by atoms with Crippen LogP contribution < -0.4 is 10.1 Å². The van der Waals surface area contributed by atoms with Crippen molar-refractivity contribution in [2.24, 2.45) is 0 Å². The van der Waals surface area contributed by atoms with E-state index in [9.17, 15) is 27.2 Å². The van der Waals surface area contributed by atoms with Crippen molar-refractivity contribution >= 4 is 17.4 Å². The molecule has 0 radical (unpaired) electrons. The van der Waals surface area contributed by atoms with Gasteiger partial charge >= 0.3 is 6.18 Å². The summed E-state index contributed by atoms with van der Waals surface area (Å²) in [5, 5.41) is 2.22. The number of hydrogen-bond acceptors (Lipinski definition) is 3. The van der Waals surface area contributed by atoms with E-state index in [-0.39, 0.29) is 17.2 Å². The van der Waals surface area contributed by atoms with E-state index in [4.69, 9.17) is 4.74 Å². The van der Waals surface area contributed by atoms with Crippen LogP contribution in [0.5, 0.6) is 5.75 Å². The Hall–Kier alpha value is -3.68. The Bertz CT molecular complexity index is 1080. The Labute approximate surface area is 175 Å². The van der Waals surface area contributed by atoms with Crippen LogP contribution in [0.15, 0.2) is 72.8 Å². The number of halogens is 4. The molecule has 0 saturated carbocycles. The van der Waals surface area contributed by atoms with Crippen LogP contribution in [0.25, 0.3) is 0 Å². The summed E-state index contributed by atoms with van der Waals surface area (Å²) in [6.07, 6.45) is -5.71. The normalized spacial score (nSPS) is 12.2. The third-order valence-electron chi connectivity index (χ3n) is 4.40. The van der Waals surface area contributed by atoms with Crippen LogP contribution in [0.4, 0.5) is 23.2 Å². The first-order valence-electron chi connectivity index (χ1n) is 9.19. The predicted molar refractivity (Wildman–Crippen MR) is 106 cm³/mol. The zero-order valence-electron chi connectivity index (χ0n) is 16.2. The molecule has 31 heavy (non-hydrogen) atoms. The molecule has 8 heteroatoms. The highest BCUT2D eigenvalue weighted by molar-refractivity contribution is 6.09. The average molecular weight is 431 g/mol. The van der Waals surface area contributed by atoms with Gasteiger partial charge in [-0.3, -0.25) is 9.59 Å². The van der Waals surface area contributed by atoms with E-state index < -0.39 is 29.6 Å². The summed E-state index contributed by atoms with van der Waals surface area (Å²) in [5.41, 5.74) is -0.684. The number of anilines is 1. The molecular formula is C23H17F4NO3. The second-order valence-corrected chi connectivity index (χ2v) is 6.65. The minimum Gasteiger partial charge on any atom is -0.481 e. The van der Waals surface area contributed by atoms with E-state index in [1.807, 2.05) is 0 Å². The van der Waals surface area contributed by atoms with Crippen molar-refractivity contribution in [2.45, 2.75) is 19.2 Å². The Morgan fingerprint density at radius 3 is 2.00 bits per heavy atom. The van der Waals surface area contributed by atoms with Crippen molar-refractivity contribution in [3.8, 4) is 5.75 Å². The van der Waals surface area contributed by atoms with Crippen molar-refractivity contribution in [3.63, 3.8) is 0 Å². The third-order valence-corrected chi connectivity index (χ3v) is 4.40. The molecule has 0 aliphatic heterocycles. The van der Waals surface area contributed by atoms with E-state index in [0.717, 1.165) is 12.1 Å². The van der Waals surface area contributed by atoms with Gasteiger partial charge in [-0.25, -0.2) is 4.39 Å². The first-order valence-corrected chi connectivity index (χ1v) is 9.19. The molecule has 3 rings (SSSR count). The molecule has 0 aliphatic rings. The van der Waals surface area contributed by atoms with E-state index in [2.05, 4.69) is 5.32 Å². The Balaban J connectivity index is 1.66. The fourth-order valence-electron chi connectivity index (χ4n) is 2.78. The van der Waals surface area contributed by atoms with Gasteiger partial charge in [0.1, 0.15) is 11.6 Å². The standard InChI is InChI=1S/C23H17F4NO3/c1-14(22(30)28-20-5-3-2-4-19(20)23(25,26)27)31-18-12-8-16(9-13-18)21(29)15-6-10-17(24)11-7-15/h2-14H,1H3,(H,28,30).